The molecule has 1 aliphatic heterocycles. The standard InChI is InChI=1S/C19H35N5/c1-7-23-8-10-24(11-9-23)16(6)13-20-18-12-17(14(2)3)21-19(22-18)15(4)5/h12,14-16H,7-11,13H2,1-6H3,(H,20,21,22). The minimum absolute atomic E-state index is 0.351. The van der Waals surface area contributed by atoms with Crippen LogP contribution in [0.1, 0.15) is 64.9 Å². The van der Waals surface area contributed by atoms with Gasteiger partial charge in [-0.05, 0) is 19.4 Å². The molecule has 1 aromatic rings. The summed E-state index contributed by atoms with van der Waals surface area (Å²) in [7, 11) is 0. The highest BCUT2D eigenvalue weighted by molar-refractivity contribution is 5.37. The second-order valence-electron chi connectivity index (χ2n) is 7.55. The zero-order valence-corrected chi connectivity index (χ0v) is 16.3. The van der Waals surface area contributed by atoms with E-state index in [1.807, 2.05) is 0 Å². The van der Waals surface area contributed by atoms with Crippen molar-refractivity contribution < 1.29 is 0 Å². The average molecular weight is 334 g/mol. The van der Waals surface area contributed by atoms with Gasteiger partial charge in [-0.15, -0.1) is 0 Å². The van der Waals surface area contributed by atoms with E-state index in [1.165, 1.54) is 13.1 Å². The highest BCUT2D eigenvalue weighted by Crippen LogP contribution is 2.19. The van der Waals surface area contributed by atoms with Gasteiger partial charge in [-0.2, -0.15) is 0 Å². The molecule has 5 nitrogen and oxygen atoms in total. The van der Waals surface area contributed by atoms with Gasteiger partial charge in [-0.1, -0.05) is 34.6 Å². The van der Waals surface area contributed by atoms with E-state index in [1.54, 1.807) is 0 Å². The summed E-state index contributed by atoms with van der Waals surface area (Å²) in [6, 6.07) is 2.63. The fourth-order valence-corrected chi connectivity index (χ4v) is 3.03. The topological polar surface area (TPSA) is 44.3 Å². The number of likely N-dealkylation sites (N-methyl/N-ethyl adjacent to an activating group) is 1. The van der Waals surface area contributed by atoms with Crippen LogP contribution in [-0.4, -0.2) is 65.1 Å². The van der Waals surface area contributed by atoms with Crippen molar-refractivity contribution in [3.8, 4) is 0 Å². The van der Waals surface area contributed by atoms with E-state index < -0.39 is 0 Å². The van der Waals surface area contributed by atoms with E-state index in [2.05, 4.69) is 62.7 Å². The van der Waals surface area contributed by atoms with Crippen LogP contribution >= 0.6 is 0 Å². The second-order valence-corrected chi connectivity index (χ2v) is 7.55. The van der Waals surface area contributed by atoms with Crippen LogP contribution in [0.15, 0.2) is 6.07 Å². The largest absolute Gasteiger partial charge is 0.368 e. The van der Waals surface area contributed by atoms with Gasteiger partial charge in [0.05, 0.1) is 0 Å². The van der Waals surface area contributed by atoms with Gasteiger partial charge in [0, 0.05) is 56.4 Å². The van der Waals surface area contributed by atoms with Crippen LogP contribution in [-0.2, 0) is 0 Å². The molecule has 1 N–H and O–H groups in total. The summed E-state index contributed by atoms with van der Waals surface area (Å²) < 4.78 is 0. The molecule has 0 spiro atoms. The highest BCUT2D eigenvalue weighted by Gasteiger charge is 2.20. The molecular weight excluding hydrogens is 298 g/mol. The number of nitrogens with zero attached hydrogens (tertiary/aromatic N) is 4. The van der Waals surface area contributed by atoms with Crippen molar-refractivity contribution in [3.63, 3.8) is 0 Å². The van der Waals surface area contributed by atoms with Gasteiger partial charge in [0.15, 0.2) is 0 Å². The van der Waals surface area contributed by atoms with Gasteiger partial charge in [-0.3, -0.25) is 4.90 Å². The maximum absolute atomic E-state index is 4.71. The molecule has 0 amide bonds. The Balaban J connectivity index is 1.95. The lowest BCUT2D eigenvalue weighted by atomic mass is 10.1. The van der Waals surface area contributed by atoms with Crippen molar-refractivity contribution in [2.45, 2.75) is 59.4 Å². The number of piperazine rings is 1. The second kappa shape index (κ2) is 8.77. The number of nitrogens with one attached hydrogen (secondary N) is 1. The Labute approximate surface area is 147 Å². The molecule has 1 atom stereocenters. The zero-order valence-electron chi connectivity index (χ0n) is 16.3. The summed E-state index contributed by atoms with van der Waals surface area (Å²) in [6.07, 6.45) is 0. The third-order valence-corrected chi connectivity index (χ3v) is 4.93. The number of rotatable bonds is 7. The Kier molecular flexibility index (Phi) is 6.99. The SMILES string of the molecule is CCN1CCN(C(C)CNc2cc(C(C)C)nc(C(C)C)n2)CC1. The zero-order chi connectivity index (χ0) is 17.7. The van der Waals surface area contributed by atoms with Crippen molar-refractivity contribution in [1.29, 1.82) is 0 Å². The lowest BCUT2D eigenvalue weighted by Crippen LogP contribution is -2.51. The molecule has 1 unspecified atom stereocenters. The summed E-state index contributed by atoms with van der Waals surface area (Å²) in [5.41, 5.74) is 1.13. The van der Waals surface area contributed by atoms with Crippen LogP contribution in [0.2, 0.25) is 0 Å². The van der Waals surface area contributed by atoms with Crippen molar-refractivity contribution in [3.05, 3.63) is 17.6 Å². The summed E-state index contributed by atoms with van der Waals surface area (Å²) in [6.45, 7) is 20.0. The van der Waals surface area contributed by atoms with Crippen LogP contribution in [0, 0.1) is 0 Å². The highest BCUT2D eigenvalue weighted by atomic mass is 15.3. The fraction of sp³-hybridized carbons (Fsp3) is 0.789. The van der Waals surface area contributed by atoms with E-state index in [9.17, 15) is 0 Å². The molecule has 1 saturated heterocycles. The van der Waals surface area contributed by atoms with Gasteiger partial charge in [-0.25, -0.2) is 9.97 Å². The first-order valence-corrected chi connectivity index (χ1v) is 9.49. The molecule has 136 valence electrons. The quantitative estimate of drug-likeness (QED) is 0.830. The van der Waals surface area contributed by atoms with Crippen molar-refractivity contribution >= 4 is 5.82 Å². The van der Waals surface area contributed by atoms with Crippen LogP contribution < -0.4 is 5.32 Å². The molecule has 5 heteroatoms. The minimum atomic E-state index is 0.351. The van der Waals surface area contributed by atoms with Crippen molar-refractivity contribution in [2.75, 3.05) is 44.6 Å². The molecule has 0 aromatic carbocycles. The van der Waals surface area contributed by atoms with Crippen molar-refractivity contribution in [1.82, 2.24) is 19.8 Å². The van der Waals surface area contributed by atoms with Crippen LogP contribution in [0.5, 0.6) is 0 Å². The molecule has 2 rings (SSSR count). The molecule has 0 bridgehead atoms. The van der Waals surface area contributed by atoms with Gasteiger partial charge >= 0.3 is 0 Å². The summed E-state index contributed by atoms with van der Waals surface area (Å²) in [5.74, 6) is 2.68. The molecular formula is C19H35N5. The summed E-state index contributed by atoms with van der Waals surface area (Å²) >= 11 is 0. The minimum Gasteiger partial charge on any atom is -0.368 e. The van der Waals surface area contributed by atoms with Gasteiger partial charge in [0.2, 0.25) is 0 Å². The van der Waals surface area contributed by atoms with Gasteiger partial charge in [0.25, 0.3) is 0 Å². The molecule has 24 heavy (non-hydrogen) atoms. The van der Waals surface area contributed by atoms with E-state index in [-0.39, 0.29) is 0 Å². The first kappa shape index (κ1) is 19.1. The first-order chi connectivity index (χ1) is 11.4. The molecule has 2 heterocycles. The molecule has 0 saturated carbocycles. The first-order valence-electron chi connectivity index (χ1n) is 9.49. The summed E-state index contributed by atoms with van der Waals surface area (Å²) in [4.78, 5) is 14.5. The van der Waals surface area contributed by atoms with E-state index in [4.69, 9.17) is 9.97 Å². The summed E-state index contributed by atoms with van der Waals surface area (Å²) in [5, 5.41) is 3.55. The third-order valence-electron chi connectivity index (χ3n) is 4.93. The monoisotopic (exact) mass is 333 g/mol. The smallest absolute Gasteiger partial charge is 0.133 e. The number of hydrogen-bond acceptors (Lipinski definition) is 5. The Morgan fingerprint density at radius 2 is 1.67 bits per heavy atom. The number of aromatic nitrogens is 2. The Morgan fingerprint density at radius 1 is 1.00 bits per heavy atom. The van der Waals surface area contributed by atoms with E-state index in [0.29, 0.717) is 17.9 Å². The lowest BCUT2D eigenvalue weighted by Gasteiger charge is -2.37. The predicted molar refractivity (Wildman–Crippen MR) is 102 cm³/mol. The van der Waals surface area contributed by atoms with Crippen LogP contribution in [0.25, 0.3) is 0 Å². The lowest BCUT2D eigenvalue weighted by molar-refractivity contribution is 0.110. The molecule has 1 aromatic heterocycles. The molecule has 1 aliphatic rings. The maximum atomic E-state index is 4.71. The molecule has 1 fully saturated rings. The maximum Gasteiger partial charge on any atom is 0.133 e. The third kappa shape index (κ3) is 5.15. The van der Waals surface area contributed by atoms with E-state index >= 15 is 0 Å². The number of anilines is 1. The Bertz CT molecular complexity index is 480. The molecule has 0 radical (unpaired) electrons. The van der Waals surface area contributed by atoms with Gasteiger partial charge < -0.3 is 10.2 Å². The van der Waals surface area contributed by atoms with Crippen LogP contribution in [0.4, 0.5) is 5.82 Å². The Hall–Kier alpha value is -1.20. The fourth-order valence-electron chi connectivity index (χ4n) is 3.03. The van der Waals surface area contributed by atoms with Gasteiger partial charge in [0.1, 0.15) is 11.6 Å². The van der Waals surface area contributed by atoms with E-state index in [0.717, 1.165) is 43.5 Å². The number of hydrogen-bond donors (Lipinski definition) is 1. The van der Waals surface area contributed by atoms with Crippen LogP contribution in [0.3, 0.4) is 0 Å². The van der Waals surface area contributed by atoms with Crippen molar-refractivity contribution in [2.24, 2.45) is 0 Å². The molecule has 0 aliphatic carbocycles. The predicted octanol–water partition coefficient (Wildman–Crippen LogP) is 3.16. The normalized spacial score (nSPS) is 18.3. The average Bonchev–Trinajstić information content (AvgIpc) is 2.59. The Morgan fingerprint density at radius 3 is 2.21 bits per heavy atom.